The first kappa shape index (κ1) is 15.7. The molecule has 114 valence electrons. The fourth-order valence-electron chi connectivity index (χ4n) is 2.73. The van der Waals surface area contributed by atoms with Crippen LogP contribution < -0.4 is 10.6 Å². The summed E-state index contributed by atoms with van der Waals surface area (Å²) >= 11 is 5.16. The molecule has 0 bridgehead atoms. The Labute approximate surface area is 130 Å². The smallest absolute Gasteiger partial charge is 0.328 e. The van der Waals surface area contributed by atoms with Crippen molar-refractivity contribution < 1.29 is 9.53 Å². The summed E-state index contributed by atoms with van der Waals surface area (Å²) in [6, 6.07) is 1.57. The van der Waals surface area contributed by atoms with Crippen molar-refractivity contribution in [2.45, 2.75) is 39.2 Å². The van der Waals surface area contributed by atoms with E-state index in [0.29, 0.717) is 17.4 Å². The number of aryl methyl sites for hydroxylation is 1. The third kappa shape index (κ3) is 3.32. The molecule has 2 rings (SSSR count). The molecule has 0 radical (unpaired) electrons. The predicted octanol–water partition coefficient (Wildman–Crippen LogP) is 1.95. The third-order valence-electron chi connectivity index (χ3n) is 3.72. The molecule has 5 nitrogen and oxygen atoms in total. The topological polar surface area (TPSA) is 68.5 Å². The van der Waals surface area contributed by atoms with Crippen molar-refractivity contribution in [3.63, 3.8) is 0 Å². The Morgan fingerprint density at radius 1 is 1.57 bits per heavy atom. The normalized spacial score (nSPS) is 18.4. The van der Waals surface area contributed by atoms with Crippen molar-refractivity contribution >= 4 is 29.0 Å². The molecule has 1 aromatic heterocycles. The average molecular weight is 307 g/mol. The van der Waals surface area contributed by atoms with Gasteiger partial charge in [-0.15, -0.1) is 0 Å². The number of carbonyl (C=O) groups is 1. The summed E-state index contributed by atoms with van der Waals surface area (Å²) in [4.78, 5) is 18.9. The van der Waals surface area contributed by atoms with E-state index >= 15 is 0 Å². The Morgan fingerprint density at radius 2 is 2.33 bits per heavy atom. The Balaban J connectivity index is 2.40. The second-order valence-corrected chi connectivity index (χ2v) is 5.59. The van der Waals surface area contributed by atoms with Crippen LogP contribution in [-0.4, -0.2) is 35.1 Å². The number of thiocarbonyl (C=S) groups is 1. The minimum atomic E-state index is -0.305. The summed E-state index contributed by atoms with van der Waals surface area (Å²) in [6.07, 6.45) is 4.52. The maximum Gasteiger partial charge on any atom is 0.328 e. The Kier molecular flexibility index (Phi) is 5.12. The molecule has 1 aliphatic rings. The molecule has 21 heavy (non-hydrogen) atoms. The van der Waals surface area contributed by atoms with Gasteiger partial charge in [0.25, 0.3) is 0 Å². The molecule has 2 N–H and O–H groups in total. The number of aromatic nitrogens is 1. The van der Waals surface area contributed by atoms with Gasteiger partial charge in [-0.2, -0.15) is 0 Å². The summed E-state index contributed by atoms with van der Waals surface area (Å²) in [7, 11) is 0. The van der Waals surface area contributed by atoms with Crippen molar-refractivity contribution in [3.05, 3.63) is 23.4 Å². The monoisotopic (exact) mass is 307 g/mol. The second kappa shape index (κ2) is 6.85. The van der Waals surface area contributed by atoms with Crippen LogP contribution in [0.5, 0.6) is 0 Å². The molecule has 0 amide bonds. The highest BCUT2D eigenvalue weighted by Crippen LogP contribution is 2.28. The number of pyridine rings is 1. The Bertz CT molecular complexity index is 548. The minimum absolute atomic E-state index is 0.200. The molecule has 1 aromatic rings. The van der Waals surface area contributed by atoms with Crippen LogP contribution in [0, 0.1) is 6.92 Å². The van der Waals surface area contributed by atoms with Crippen molar-refractivity contribution in [1.82, 2.24) is 4.98 Å². The maximum atomic E-state index is 12.2. The van der Waals surface area contributed by atoms with Crippen LogP contribution in [0.4, 0.5) is 5.82 Å². The summed E-state index contributed by atoms with van der Waals surface area (Å²) in [6.45, 7) is 4.90. The van der Waals surface area contributed by atoms with Gasteiger partial charge < -0.3 is 15.4 Å². The zero-order valence-corrected chi connectivity index (χ0v) is 13.3. The van der Waals surface area contributed by atoms with Gasteiger partial charge in [-0.1, -0.05) is 12.2 Å². The number of piperidine rings is 1. The third-order valence-corrected chi connectivity index (χ3v) is 3.92. The van der Waals surface area contributed by atoms with Gasteiger partial charge in [-0.25, -0.2) is 9.78 Å². The second-order valence-electron chi connectivity index (χ2n) is 5.15. The van der Waals surface area contributed by atoms with Gasteiger partial charge in [0.1, 0.15) is 16.8 Å². The number of nitrogens with two attached hydrogens (primary N) is 1. The lowest BCUT2D eigenvalue weighted by Gasteiger charge is -2.36. The first-order chi connectivity index (χ1) is 10.1. The highest BCUT2D eigenvalue weighted by Gasteiger charge is 2.32. The number of carbonyl (C=O) groups excluding carboxylic acids is 1. The van der Waals surface area contributed by atoms with E-state index in [-0.39, 0.29) is 12.0 Å². The molecule has 0 aliphatic carbocycles. The molecular formula is C15H21N3O2S. The van der Waals surface area contributed by atoms with Crippen LogP contribution in [0.15, 0.2) is 12.3 Å². The highest BCUT2D eigenvalue weighted by molar-refractivity contribution is 7.80. The molecule has 1 atom stereocenters. The number of nitrogens with zero attached hydrogens (tertiary/aromatic N) is 2. The van der Waals surface area contributed by atoms with Gasteiger partial charge in [0.2, 0.25) is 0 Å². The van der Waals surface area contributed by atoms with Gasteiger partial charge in [0, 0.05) is 12.7 Å². The number of anilines is 1. The van der Waals surface area contributed by atoms with Crippen LogP contribution in [0.2, 0.25) is 0 Å². The molecule has 0 aromatic carbocycles. The molecule has 0 saturated carbocycles. The highest BCUT2D eigenvalue weighted by atomic mass is 32.1. The first-order valence-electron chi connectivity index (χ1n) is 7.25. The molecule has 1 saturated heterocycles. The first-order valence-corrected chi connectivity index (χ1v) is 7.65. The zero-order valence-electron chi connectivity index (χ0n) is 12.5. The maximum absolute atomic E-state index is 12.2. The average Bonchev–Trinajstić information content (AvgIpc) is 2.47. The number of esters is 1. The van der Waals surface area contributed by atoms with E-state index < -0.39 is 0 Å². The van der Waals surface area contributed by atoms with Crippen molar-refractivity contribution in [2.75, 3.05) is 18.1 Å². The molecule has 6 heteroatoms. The van der Waals surface area contributed by atoms with Crippen molar-refractivity contribution in [1.29, 1.82) is 0 Å². The number of rotatable bonds is 4. The SMILES string of the molecule is CCOC(=O)C1CCCCN1c1nccc(C)c1C(N)=S. The van der Waals surface area contributed by atoms with Crippen molar-refractivity contribution in [2.24, 2.45) is 5.73 Å². The standard InChI is InChI=1S/C15H21N3O2S/c1-3-20-15(19)11-6-4-5-9-18(11)14-12(13(16)21)10(2)7-8-17-14/h7-8,11H,3-6,9H2,1-2H3,(H2,16,21). The largest absolute Gasteiger partial charge is 0.464 e. The predicted molar refractivity (Wildman–Crippen MR) is 86.5 cm³/mol. The van der Waals surface area contributed by atoms with Crippen LogP contribution >= 0.6 is 12.2 Å². The van der Waals surface area contributed by atoms with E-state index in [1.807, 2.05) is 24.8 Å². The van der Waals surface area contributed by atoms with Crippen LogP contribution in [-0.2, 0) is 9.53 Å². The van der Waals surface area contributed by atoms with Gasteiger partial charge >= 0.3 is 5.97 Å². The Hall–Kier alpha value is -1.69. The van der Waals surface area contributed by atoms with Gasteiger partial charge in [0.05, 0.1) is 12.2 Å². The quantitative estimate of drug-likeness (QED) is 0.677. The minimum Gasteiger partial charge on any atom is -0.464 e. The fourth-order valence-corrected chi connectivity index (χ4v) is 2.99. The lowest BCUT2D eigenvalue weighted by molar-refractivity contribution is -0.145. The molecule has 1 fully saturated rings. The molecule has 2 heterocycles. The summed E-state index contributed by atoms with van der Waals surface area (Å²) < 4.78 is 5.19. The molecule has 1 unspecified atom stereocenters. The van der Waals surface area contributed by atoms with E-state index in [1.54, 1.807) is 6.20 Å². The number of ether oxygens (including phenoxy) is 1. The van der Waals surface area contributed by atoms with E-state index in [9.17, 15) is 4.79 Å². The summed E-state index contributed by atoms with van der Waals surface area (Å²) in [5, 5.41) is 0. The van der Waals surface area contributed by atoms with Crippen LogP contribution in [0.1, 0.15) is 37.3 Å². The zero-order chi connectivity index (χ0) is 15.4. The molecule has 0 spiro atoms. The Morgan fingerprint density at radius 3 is 3.00 bits per heavy atom. The van der Waals surface area contributed by atoms with Gasteiger partial charge in [0.15, 0.2) is 0 Å². The number of hydrogen-bond donors (Lipinski definition) is 1. The summed E-state index contributed by atoms with van der Waals surface area (Å²) in [5.74, 6) is 0.495. The van der Waals surface area contributed by atoms with E-state index in [4.69, 9.17) is 22.7 Å². The van der Waals surface area contributed by atoms with Crippen LogP contribution in [0.3, 0.4) is 0 Å². The fraction of sp³-hybridized carbons (Fsp3) is 0.533. The van der Waals surface area contributed by atoms with Gasteiger partial charge in [-0.05, 0) is 44.7 Å². The van der Waals surface area contributed by atoms with Crippen molar-refractivity contribution in [3.8, 4) is 0 Å². The van der Waals surface area contributed by atoms with E-state index in [2.05, 4.69) is 4.98 Å². The lowest BCUT2D eigenvalue weighted by Crippen LogP contribution is -2.47. The van der Waals surface area contributed by atoms with E-state index in [1.165, 1.54) is 0 Å². The van der Waals surface area contributed by atoms with Gasteiger partial charge in [-0.3, -0.25) is 0 Å². The van der Waals surface area contributed by atoms with E-state index in [0.717, 1.165) is 36.9 Å². The number of hydrogen-bond acceptors (Lipinski definition) is 5. The lowest BCUT2D eigenvalue weighted by atomic mass is 10.0. The summed E-state index contributed by atoms with van der Waals surface area (Å²) in [5.41, 5.74) is 7.58. The van der Waals surface area contributed by atoms with Crippen LogP contribution in [0.25, 0.3) is 0 Å². The molecular weight excluding hydrogens is 286 g/mol. The molecule has 1 aliphatic heterocycles.